The van der Waals surface area contributed by atoms with Gasteiger partial charge in [0, 0.05) is 0 Å². The lowest BCUT2D eigenvalue weighted by atomic mass is 10.1. The second-order valence-corrected chi connectivity index (χ2v) is 4.86. The van der Waals surface area contributed by atoms with Crippen LogP contribution in [0, 0.1) is 0 Å². The molecule has 0 heterocycles. The van der Waals surface area contributed by atoms with Crippen LogP contribution in [0.4, 0.5) is 5.69 Å². The molecular weight excluding hydrogens is 254 g/mol. The predicted octanol–water partition coefficient (Wildman–Crippen LogP) is 3.92. The highest BCUT2D eigenvalue weighted by atomic mass is 16.5. The van der Waals surface area contributed by atoms with E-state index < -0.39 is 5.97 Å². The van der Waals surface area contributed by atoms with E-state index in [1.807, 2.05) is 24.3 Å². The van der Waals surface area contributed by atoms with Gasteiger partial charge in [-0.25, -0.2) is 0 Å². The van der Waals surface area contributed by atoms with Gasteiger partial charge in [-0.05, 0) is 18.6 Å². The molecule has 0 radical (unpaired) electrons. The fourth-order valence-electron chi connectivity index (χ4n) is 1.97. The van der Waals surface area contributed by atoms with Crippen molar-refractivity contribution >= 4 is 11.7 Å². The third-order valence-corrected chi connectivity index (χ3v) is 3.07. The van der Waals surface area contributed by atoms with Gasteiger partial charge >= 0.3 is 5.97 Å². The van der Waals surface area contributed by atoms with Crippen LogP contribution in [0.5, 0.6) is 5.75 Å². The molecule has 0 atom stereocenters. The molecule has 0 fully saturated rings. The number of para-hydroxylation sites is 2. The minimum Gasteiger partial charge on any atom is -0.491 e. The van der Waals surface area contributed by atoms with E-state index in [9.17, 15) is 4.79 Å². The summed E-state index contributed by atoms with van der Waals surface area (Å²) in [4.78, 5) is 10.6. The summed E-state index contributed by atoms with van der Waals surface area (Å²) in [5, 5.41) is 11.5. The highest BCUT2D eigenvalue weighted by Crippen LogP contribution is 2.23. The van der Waals surface area contributed by atoms with Crippen LogP contribution in [0.15, 0.2) is 24.3 Å². The number of nitrogens with one attached hydrogen (secondary N) is 1. The minimum atomic E-state index is -0.879. The zero-order valence-corrected chi connectivity index (χ0v) is 12.2. The first kappa shape index (κ1) is 16.3. The number of hydrogen-bond donors (Lipinski definition) is 2. The largest absolute Gasteiger partial charge is 0.491 e. The predicted molar refractivity (Wildman–Crippen MR) is 81.4 cm³/mol. The molecule has 0 spiro atoms. The third kappa shape index (κ3) is 7.02. The van der Waals surface area contributed by atoms with Gasteiger partial charge in [0.25, 0.3) is 0 Å². The highest BCUT2D eigenvalue weighted by Gasteiger charge is 2.04. The third-order valence-electron chi connectivity index (χ3n) is 3.07. The number of carbonyl (C=O) groups is 1. The van der Waals surface area contributed by atoms with E-state index in [0.29, 0.717) is 6.61 Å². The lowest BCUT2D eigenvalue weighted by Crippen LogP contribution is -2.13. The molecule has 112 valence electrons. The molecular formula is C16H25NO3. The Labute approximate surface area is 121 Å². The molecule has 4 heteroatoms. The van der Waals surface area contributed by atoms with Crippen molar-refractivity contribution in [2.75, 3.05) is 18.5 Å². The molecule has 4 nitrogen and oxygen atoms in total. The fraction of sp³-hybridized carbons (Fsp3) is 0.562. The van der Waals surface area contributed by atoms with Gasteiger partial charge in [0.1, 0.15) is 12.3 Å². The smallest absolute Gasteiger partial charge is 0.322 e. The van der Waals surface area contributed by atoms with Gasteiger partial charge in [0.15, 0.2) is 0 Å². The van der Waals surface area contributed by atoms with Crippen molar-refractivity contribution in [2.24, 2.45) is 0 Å². The maximum atomic E-state index is 10.6. The van der Waals surface area contributed by atoms with E-state index >= 15 is 0 Å². The molecule has 0 unspecified atom stereocenters. The minimum absolute atomic E-state index is 0.0998. The maximum absolute atomic E-state index is 10.6. The summed E-state index contributed by atoms with van der Waals surface area (Å²) in [7, 11) is 0. The topological polar surface area (TPSA) is 58.6 Å². The average Bonchev–Trinajstić information content (AvgIpc) is 2.45. The molecule has 1 aromatic rings. The van der Waals surface area contributed by atoms with E-state index in [1.54, 1.807) is 0 Å². The number of rotatable bonds is 11. The number of benzene rings is 1. The number of ether oxygens (including phenoxy) is 1. The van der Waals surface area contributed by atoms with Gasteiger partial charge in [-0.3, -0.25) is 4.79 Å². The maximum Gasteiger partial charge on any atom is 0.322 e. The molecule has 0 aromatic heterocycles. The first-order chi connectivity index (χ1) is 9.74. The van der Waals surface area contributed by atoms with Crippen molar-refractivity contribution in [3.8, 4) is 5.75 Å². The Morgan fingerprint density at radius 1 is 1.15 bits per heavy atom. The molecule has 1 rings (SSSR count). The first-order valence-corrected chi connectivity index (χ1v) is 7.41. The Kier molecular flexibility index (Phi) is 8.27. The van der Waals surface area contributed by atoms with Crippen molar-refractivity contribution in [3.63, 3.8) is 0 Å². The van der Waals surface area contributed by atoms with Crippen LogP contribution in [0.3, 0.4) is 0 Å². The first-order valence-electron chi connectivity index (χ1n) is 7.41. The van der Waals surface area contributed by atoms with E-state index in [2.05, 4.69) is 12.2 Å². The van der Waals surface area contributed by atoms with E-state index in [4.69, 9.17) is 9.84 Å². The number of carboxylic acids is 1. The molecule has 0 saturated heterocycles. The molecule has 0 saturated carbocycles. The Balaban J connectivity index is 2.26. The van der Waals surface area contributed by atoms with Crippen LogP contribution < -0.4 is 10.1 Å². The van der Waals surface area contributed by atoms with Crippen LogP contribution in [0.1, 0.15) is 45.4 Å². The van der Waals surface area contributed by atoms with Gasteiger partial charge in [0.05, 0.1) is 12.3 Å². The van der Waals surface area contributed by atoms with Crippen LogP contribution in [0.2, 0.25) is 0 Å². The summed E-state index contributed by atoms with van der Waals surface area (Å²) in [6, 6.07) is 7.45. The number of anilines is 1. The Hall–Kier alpha value is -1.71. The van der Waals surface area contributed by atoms with Crippen LogP contribution >= 0.6 is 0 Å². The highest BCUT2D eigenvalue weighted by molar-refractivity contribution is 5.73. The lowest BCUT2D eigenvalue weighted by Gasteiger charge is -2.12. The quantitative estimate of drug-likeness (QED) is 0.603. The van der Waals surface area contributed by atoms with E-state index in [1.165, 1.54) is 32.1 Å². The van der Waals surface area contributed by atoms with Crippen LogP contribution in [-0.4, -0.2) is 24.2 Å². The van der Waals surface area contributed by atoms with Crippen molar-refractivity contribution in [1.29, 1.82) is 0 Å². The summed E-state index contributed by atoms with van der Waals surface area (Å²) in [5.74, 6) is -0.155. The van der Waals surface area contributed by atoms with E-state index in [0.717, 1.165) is 17.9 Å². The van der Waals surface area contributed by atoms with Gasteiger partial charge in [0.2, 0.25) is 0 Å². The van der Waals surface area contributed by atoms with Gasteiger partial charge < -0.3 is 15.2 Å². The van der Waals surface area contributed by atoms with Crippen LogP contribution in [0.25, 0.3) is 0 Å². The summed E-state index contributed by atoms with van der Waals surface area (Å²) in [6.45, 7) is 2.79. The van der Waals surface area contributed by atoms with E-state index in [-0.39, 0.29) is 6.54 Å². The Morgan fingerprint density at radius 2 is 1.85 bits per heavy atom. The van der Waals surface area contributed by atoms with Crippen molar-refractivity contribution < 1.29 is 14.6 Å². The molecule has 1 aromatic carbocycles. The Bertz CT molecular complexity index is 393. The normalized spacial score (nSPS) is 10.2. The molecule has 0 aliphatic rings. The van der Waals surface area contributed by atoms with Gasteiger partial charge in [-0.2, -0.15) is 0 Å². The second kappa shape index (κ2) is 10.1. The summed E-state index contributed by atoms with van der Waals surface area (Å²) >= 11 is 0. The molecule has 0 bridgehead atoms. The summed E-state index contributed by atoms with van der Waals surface area (Å²) < 4.78 is 5.72. The monoisotopic (exact) mass is 279 g/mol. The number of unbranched alkanes of at least 4 members (excludes halogenated alkanes) is 5. The molecule has 0 aliphatic heterocycles. The standard InChI is InChI=1S/C16H25NO3/c1-2-3-4-5-6-9-12-20-15-11-8-7-10-14(15)17-13-16(18)19/h7-8,10-11,17H,2-6,9,12-13H2,1H3,(H,18,19). The molecule has 20 heavy (non-hydrogen) atoms. The molecule has 2 N–H and O–H groups in total. The summed E-state index contributed by atoms with van der Waals surface area (Å²) in [5.41, 5.74) is 0.737. The Morgan fingerprint density at radius 3 is 2.60 bits per heavy atom. The zero-order valence-electron chi connectivity index (χ0n) is 12.2. The van der Waals surface area contributed by atoms with Gasteiger partial charge in [-0.1, -0.05) is 51.2 Å². The van der Waals surface area contributed by atoms with Crippen LogP contribution in [-0.2, 0) is 4.79 Å². The lowest BCUT2D eigenvalue weighted by molar-refractivity contribution is -0.134. The molecule has 0 amide bonds. The summed E-state index contributed by atoms with van der Waals surface area (Å²) in [6.07, 6.45) is 7.35. The van der Waals surface area contributed by atoms with Crippen molar-refractivity contribution in [2.45, 2.75) is 45.4 Å². The number of hydrogen-bond acceptors (Lipinski definition) is 3. The van der Waals surface area contributed by atoms with Crippen molar-refractivity contribution in [1.82, 2.24) is 0 Å². The zero-order chi connectivity index (χ0) is 14.6. The molecule has 0 aliphatic carbocycles. The second-order valence-electron chi connectivity index (χ2n) is 4.86. The van der Waals surface area contributed by atoms with Gasteiger partial charge in [-0.15, -0.1) is 0 Å². The van der Waals surface area contributed by atoms with Crippen molar-refractivity contribution in [3.05, 3.63) is 24.3 Å². The average molecular weight is 279 g/mol. The SMILES string of the molecule is CCCCCCCCOc1ccccc1NCC(=O)O. The number of aliphatic carboxylic acids is 1. The fourth-order valence-corrected chi connectivity index (χ4v) is 1.97. The number of carboxylic acid groups (broad SMARTS) is 1.